The number of hydrogen-bond acceptors (Lipinski definition) is 3. The Hall–Kier alpha value is -1.26. The van der Waals surface area contributed by atoms with Crippen molar-refractivity contribution in [3.63, 3.8) is 0 Å². The largest absolute Gasteiger partial charge is 0.324 e. The van der Waals surface area contributed by atoms with Crippen LogP contribution in [0.4, 0.5) is 0 Å². The monoisotopic (exact) mass is 301 g/mol. The maximum atomic E-state index is 6.40. The summed E-state index contributed by atoms with van der Waals surface area (Å²) in [5, 5.41) is 4.74. The second kappa shape index (κ2) is 6.67. The van der Waals surface area contributed by atoms with Crippen molar-refractivity contribution in [3.8, 4) is 0 Å². The first kappa shape index (κ1) is 14.7. The van der Waals surface area contributed by atoms with E-state index in [4.69, 9.17) is 10.8 Å². The van der Waals surface area contributed by atoms with Crippen molar-refractivity contribution >= 4 is 11.8 Å². The van der Waals surface area contributed by atoms with E-state index in [1.165, 1.54) is 36.1 Å². The lowest BCUT2D eigenvalue weighted by atomic mass is 10.0. The lowest BCUT2D eigenvalue weighted by molar-refractivity contribution is 0.461. The highest BCUT2D eigenvalue weighted by Crippen LogP contribution is 2.30. The molecule has 1 heterocycles. The van der Waals surface area contributed by atoms with Gasteiger partial charge in [-0.1, -0.05) is 31.0 Å². The second-order valence-corrected chi connectivity index (χ2v) is 6.63. The summed E-state index contributed by atoms with van der Waals surface area (Å²) in [6.07, 6.45) is 10.2. The Balaban J connectivity index is 1.71. The number of thioether (sulfide) groups is 1. The molecule has 1 aromatic carbocycles. The summed E-state index contributed by atoms with van der Waals surface area (Å²) >= 11 is 1.75. The maximum absolute atomic E-state index is 6.40. The molecule has 1 saturated carbocycles. The van der Waals surface area contributed by atoms with Gasteiger partial charge in [-0.3, -0.25) is 4.68 Å². The zero-order valence-corrected chi connectivity index (χ0v) is 13.4. The summed E-state index contributed by atoms with van der Waals surface area (Å²) in [6, 6.07) is 11.1. The molecule has 1 unspecified atom stereocenters. The van der Waals surface area contributed by atoms with Crippen molar-refractivity contribution in [2.45, 2.75) is 49.1 Å². The van der Waals surface area contributed by atoms with Crippen LogP contribution < -0.4 is 5.73 Å². The minimum Gasteiger partial charge on any atom is -0.324 e. The number of hydrogen-bond donors (Lipinski definition) is 1. The first-order valence-electron chi connectivity index (χ1n) is 7.70. The summed E-state index contributed by atoms with van der Waals surface area (Å²) in [5.74, 6) is 0. The van der Waals surface area contributed by atoms with E-state index in [0.717, 1.165) is 12.1 Å². The van der Waals surface area contributed by atoms with Crippen molar-refractivity contribution < 1.29 is 0 Å². The highest BCUT2D eigenvalue weighted by molar-refractivity contribution is 7.98. The Kier molecular flexibility index (Phi) is 4.66. The Morgan fingerprint density at radius 2 is 2.05 bits per heavy atom. The summed E-state index contributed by atoms with van der Waals surface area (Å²) in [4.78, 5) is 1.26. The lowest BCUT2D eigenvalue weighted by Crippen LogP contribution is -2.15. The summed E-state index contributed by atoms with van der Waals surface area (Å²) in [5.41, 5.74) is 8.73. The highest BCUT2D eigenvalue weighted by atomic mass is 32.2. The van der Waals surface area contributed by atoms with E-state index in [2.05, 4.69) is 47.5 Å². The van der Waals surface area contributed by atoms with Crippen molar-refractivity contribution in [2.75, 3.05) is 6.26 Å². The van der Waals surface area contributed by atoms with Crippen LogP contribution in [-0.2, 0) is 6.42 Å². The molecule has 1 aromatic heterocycles. The normalized spacial score (nSPS) is 17.2. The average molecular weight is 301 g/mol. The SMILES string of the molecule is CSc1ccccc1C(N)Cc1ccn(C2CCCC2)n1. The van der Waals surface area contributed by atoms with Gasteiger partial charge in [-0.25, -0.2) is 0 Å². The Bertz CT molecular complexity index is 587. The quantitative estimate of drug-likeness (QED) is 0.850. The van der Waals surface area contributed by atoms with E-state index in [1.54, 1.807) is 11.8 Å². The van der Waals surface area contributed by atoms with Gasteiger partial charge < -0.3 is 5.73 Å². The van der Waals surface area contributed by atoms with Crippen molar-refractivity contribution in [1.29, 1.82) is 0 Å². The van der Waals surface area contributed by atoms with Gasteiger partial charge in [0.15, 0.2) is 0 Å². The molecule has 0 spiro atoms. The van der Waals surface area contributed by atoms with E-state index in [-0.39, 0.29) is 6.04 Å². The minimum absolute atomic E-state index is 0.0144. The Morgan fingerprint density at radius 1 is 1.29 bits per heavy atom. The molecule has 4 heteroatoms. The molecule has 112 valence electrons. The minimum atomic E-state index is 0.0144. The molecule has 0 amide bonds. The molecule has 0 aliphatic heterocycles. The Labute approximate surface area is 130 Å². The van der Waals surface area contributed by atoms with Gasteiger partial charge in [-0.05, 0) is 36.8 Å². The van der Waals surface area contributed by atoms with E-state index in [9.17, 15) is 0 Å². The molecule has 0 bridgehead atoms. The van der Waals surface area contributed by atoms with E-state index in [1.807, 2.05) is 0 Å². The van der Waals surface area contributed by atoms with Gasteiger partial charge >= 0.3 is 0 Å². The molecule has 2 aromatic rings. The predicted octanol–water partition coefficient (Wildman–Crippen LogP) is 3.96. The zero-order valence-electron chi connectivity index (χ0n) is 12.5. The molecule has 0 saturated heterocycles. The molecule has 1 fully saturated rings. The van der Waals surface area contributed by atoms with Crippen LogP contribution in [0.5, 0.6) is 0 Å². The topological polar surface area (TPSA) is 43.8 Å². The third-order valence-corrected chi connectivity index (χ3v) is 5.14. The summed E-state index contributed by atoms with van der Waals surface area (Å²) < 4.78 is 2.15. The second-order valence-electron chi connectivity index (χ2n) is 5.78. The highest BCUT2D eigenvalue weighted by Gasteiger charge is 2.18. The number of nitrogens with two attached hydrogens (primary N) is 1. The van der Waals surface area contributed by atoms with Crippen LogP contribution >= 0.6 is 11.8 Å². The molecule has 1 aliphatic carbocycles. The van der Waals surface area contributed by atoms with Crippen LogP contribution in [0.2, 0.25) is 0 Å². The number of benzene rings is 1. The number of aromatic nitrogens is 2. The van der Waals surface area contributed by atoms with E-state index >= 15 is 0 Å². The summed E-state index contributed by atoms with van der Waals surface area (Å²) in [7, 11) is 0. The Morgan fingerprint density at radius 3 is 2.81 bits per heavy atom. The lowest BCUT2D eigenvalue weighted by Gasteiger charge is -2.14. The van der Waals surface area contributed by atoms with Crippen LogP contribution in [0.3, 0.4) is 0 Å². The molecule has 21 heavy (non-hydrogen) atoms. The van der Waals surface area contributed by atoms with Gasteiger partial charge in [0.05, 0.1) is 11.7 Å². The van der Waals surface area contributed by atoms with Crippen molar-refractivity contribution in [2.24, 2.45) is 5.73 Å². The molecular weight excluding hydrogens is 278 g/mol. The fourth-order valence-corrected chi connectivity index (χ4v) is 3.84. The van der Waals surface area contributed by atoms with Gasteiger partial charge in [0.1, 0.15) is 0 Å². The molecule has 1 aliphatic rings. The van der Waals surface area contributed by atoms with Crippen LogP contribution in [0.1, 0.15) is 49.0 Å². The first-order chi connectivity index (χ1) is 10.3. The van der Waals surface area contributed by atoms with Gasteiger partial charge in [-0.2, -0.15) is 5.10 Å². The van der Waals surface area contributed by atoms with Gasteiger partial charge in [0.2, 0.25) is 0 Å². The molecular formula is C17H23N3S. The summed E-state index contributed by atoms with van der Waals surface area (Å²) in [6.45, 7) is 0. The van der Waals surface area contributed by atoms with Gasteiger partial charge in [-0.15, -0.1) is 11.8 Å². The standard InChI is InChI=1S/C17H23N3S/c1-21-17-9-5-4-8-15(17)16(18)12-13-10-11-20(19-13)14-6-2-3-7-14/h4-5,8-11,14,16H,2-3,6-7,12,18H2,1H3. The van der Waals surface area contributed by atoms with E-state index < -0.39 is 0 Å². The smallest absolute Gasteiger partial charge is 0.0643 e. The van der Waals surface area contributed by atoms with E-state index in [0.29, 0.717) is 6.04 Å². The fourth-order valence-electron chi connectivity index (χ4n) is 3.17. The molecule has 0 radical (unpaired) electrons. The number of nitrogens with zero attached hydrogens (tertiary/aromatic N) is 2. The van der Waals surface area contributed by atoms with Crippen molar-refractivity contribution in [3.05, 3.63) is 47.8 Å². The molecule has 3 nitrogen and oxygen atoms in total. The van der Waals surface area contributed by atoms with Gasteiger partial charge in [0.25, 0.3) is 0 Å². The third-order valence-electron chi connectivity index (χ3n) is 4.33. The zero-order chi connectivity index (χ0) is 14.7. The van der Waals surface area contributed by atoms with Crippen molar-refractivity contribution in [1.82, 2.24) is 9.78 Å². The molecule has 2 N–H and O–H groups in total. The van der Waals surface area contributed by atoms with Crippen LogP contribution in [-0.4, -0.2) is 16.0 Å². The van der Waals surface area contributed by atoms with Crippen LogP contribution in [0.15, 0.2) is 41.4 Å². The van der Waals surface area contributed by atoms with Gasteiger partial charge in [0, 0.05) is 23.6 Å². The fraction of sp³-hybridized carbons (Fsp3) is 0.471. The first-order valence-corrected chi connectivity index (χ1v) is 8.93. The average Bonchev–Trinajstić information content (AvgIpc) is 3.17. The molecule has 3 rings (SSSR count). The third kappa shape index (κ3) is 3.33. The molecule has 1 atom stereocenters. The van der Waals surface area contributed by atoms with Crippen LogP contribution in [0.25, 0.3) is 0 Å². The predicted molar refractivity (Wildman–Crippen MR) is 88.6 cm³/mol. The maximum Gasteiger partial charge on any atom is 0.0643 e. The van der Waals surface area contributed by atoms with Crippen LogP contribution in [0, 0.1) is 0 Å². The number of rotatable bonds is 5.